The summed E-state index contributed by atoms with van der Waals surface area (Å²) < 4.78 is 1.97. The molecule has 1 aromatic heterocycles. The highest BCUT2D eigenvalue weighted by Gasteiger charge is 2.39. The van der Waals surface area contributed by atoms with Crippen molar-refractivity contribution in [3.63, 3.8) is 0 Å². The van der Waals surface area contributed by atoms with Gasteiger partial charge in [0.1, 0.15) is 5.82 Å². The Hall–Kier alpha value is -2.59. The Morgan fingerprint density at radius 1 is 1.15 bits per heavy atom. The van der Waals surface area contributed by atoms with E-state index in [1.165, 1.54) is 11.1 Å². The molecular formula is C28H34ClN3O. The van der Waals surface area contributed by atoms with E-state index in [0.29, 0.717) is 12.0 Å². The molecule has 2 heterocycles. The quantitative estimate of drug-likeness (QED) is 0.369. The molecule has 1 atom stereocenters. The molecule has 33 heavy (non-hydrogen) atoms. The molecule has 2 aromatic carbocycles. The van der Waals surface area contributed by atoms with E-state index < -0.39 is 0 Å². The summed E-state index contributed by atoms with van der Waals surface area (Å²) in [5.74, 6) is 0.926. The Labute approximate surface area is 202 Å². The molecule has 4 nitrogen and oxygen atoms in total. The van der Waals surface area contributed by atoms with Crippen molar-refractivity contribution in [2.24, 2.45) is 0 Å². The van der Waals surface area contributed by atoms with Gasteiger partial charge in [-0.15, -0.1) is 0 Å². The third-order valence-corrected chi connectivity index (χ3v) is 7.80. The summed E-state index contributed by atoms with van der Waals surface area (Å²) >= 11 is 6.53. The molecule has 5 heteroatoms. The molecular weight excluding hydrogens is 430 g/mol. The van der Waals surface area contributed by atoms with Crippen LogP contribution in [0.15, 0.2) is 54.7 Å². The largest absolute Gasteiger partial charge is 0.363 e. The number of aromatic nitrogens is 2. The molecule has 0 amide bonds. The van der Waals surface area contributed by atoms with Crippen molar-refractivity contribution in [1.82, 2.24) is 9.78 Å². The number of hydrogen-bond acceptors (Lipinski definition) is 3. The van der Waals surface area contributed by atoms with E-state index in [-0.39, 0.29) is 22.8 Å². The van der Waals surface area contributed by atoms with Gasteiger partial charge in [0.05, 0.1) is 23.3 Å². The Morgan fingerprint density at radius 2 is 1.82 bits per heavy atom. The standard InChI is InChI=1S/C28H34ClN3O/c1-6-28(7-2,20-14-12-19(3)13-15-20)17-25(33)22-18-30-32-26(22)31-24(16-27(32,4)5)21-10-8-9-11-23(21)29/h8-15,18,24,31H,6-7,16-17H2,1-5H3. The topological polar surface area (TPSA) is 46.9 Å². The van der Waals surface area contributed by atoms with Gasteiger partial charge in [-0.2, -0.15) is 5.10 Å². The number of nitrogens with one attached hydrogen (secondary N) is 1. The fraction of sp³-hybridized carbons (Fsp3) is 0.429. The number of rotatable bonds is 7. The first kappa shape index (κ1) is 23.6. The van der Waals surface area contributed by atoms with Crippen molar-refractivity contribution in [1.29, 1.82) is 0 Å². The minimum atomic E-state index is -0.244. The van der Waals surface area contributed by atoms with Gasteiger partial charge in [-0.3, -0.25) is 4.79 Å². The van der Waals surface area contributed by atoms with E-state index in [1.807, 2.05) is 22.9 Å². The Kier molecular flexibility index (Phi) is 6.41. The minimum absolute atomic E-state index is 0.0173. The maximum atomic E-state index is 13.8. The van der Waals surface area contributed by atoms with E-state index in [9.17, 15) is 4.79 Å². The van der Waals surface area contributed by atoms with Gasteiger partial charge in [-0.25, -0.2) is 4.68 Å². The van der Waals surface area contributed by atoms with Crippen LogP contribution >= 0.6 is 11.6 Å². The highest BCUT2D eigenvalue weighted by molar-refractivity contribution is 6.31. The van der Waals surface area contributed by atoms with Gasteiger partial charge in [0.15, 0.2) is 5.78 Å². The van der Waals surface area contributed by atoms with Crippen LogP contribution in [0.2, 0.25) is 5.02 Å². The number of hydrogen-bond donors (Lipinski definition) is 1. The summed E-state index contributed by atoms with van der Waals surface area (Å²) in [4.78, 5) is 13.8. The van der Waals surface area contributed by atoms with Crippen LogP contribution in [-0.4, -0.2) is 15.6 Å². The molecule has 3 aromatic rings. The van der Waals surface area contributed by atoms with E-state index in [1.54, 1.807) is 6.20 Å². The molecule has 1 aliphatic rings. The predicted molar refractivity (Wildman–Crippen MR) is 136 cm³/mol. The SMILES string of the molecule is CCC(CC)(CC(=O)c1cnn2c1NC(c1ccccc1Cl)CC2(C)C)c1ccc(C)cc1. The number of benzene rings is 2. The zero-order chi connectivity index (χ0) is 23.8. The van der Waals surface area contributed by atoms with Crippen molar-refractivity contribution in [2.45, 2.75) is 77.3 Å². The number of ketones is 1. The van der Waals surface area contributed by atoms with Crippen molar-refractivity contribution >= 4 is 23.2 Å². The molecule has 1 N–H and O–H groups in total. The number of halogens is 1. The zero-order valence-electron chi connectivity index (χ0n) is 20.3. The lowest BCUT2D eigenvalue weighted by atomic mass is 9.71. The fourth-order valence-electron chi connectivity index (χ4n) is 5.22. The number of Topliss-reactive ketones (excluding diaryl/α,β-unsaturated/α-hetero) is 1. The Bertz CT molecular complexity index is 1140. The molecule has 4 rings (SSSR count). The third-order valence-electron chi connectivity index (χ3n) is 7.45. The van der Waals surface area contributed by atoms with E-state index >= 15 is 0 Å². The second-order valence-corrected chi connectivity index (χ2v) is 10.4. The summed E-state index contributed by atoms with van der Waals surface area (Å²) in [5, 5.41) is 8.99. The fourth-order valence-corrected chi connectivity index (χ4v) is 5.49. The van der Waals surface area contributed by atoms with Gasteiger partial charge in [-0.1, -0.05) is 73.5 Å². The Balaban J connectivity index is 1.69. The van der Waals surface area contributed by atoms with E-state index in [4.69, 9.17) is 11.6 Å². The highest BCUT2D eigenvalue weighted by atomic mass is 35.5. The van der Waals surface area contributed by atoms with Crippen molar-refractivity contribution in [2.75, 3.05) is 5.32 Å². The number of carbonyl (C=O) groups is 1. The van der Waals surface area contributed by atoms with Crippen LogP contribution in [0.5, 0.6) is 0 Å². The number of carbonyl (C=O) groups excluding carboxylic acids is 1. The van der Waals surface area contributed by atoms with Crippen LogP contribution in [0.1, 0.15) is 86.5 Å². The molecule has 174 valence electrons. The van der Waals surface area contributed by atoms with Crippen molar-refractivity contribution < 1.29 is 4.79 Å². The minimum Gasteiger partial charge on any atom is -0.363 e. The molecule has 0 fully saturated rings. The molecule has 0 saturated heterocycles. The second kappa shape index (κ2) is 8.98. The average molecular weight is 464 g/mol. The van der Waals surface area contributed by atoms with E-state index in [0.717, 1.165) is 35.7 Å². The van der Waals surface area contributed by atoms with Crippen molar-refractivity contribution in [3.05, 3.63) is 82.0 Å². The van der Waals surface area contributed by atoms with Gasteiger partial charge < -0.3 is 5.32 Å². The molecule has 1 unspecified atom stereocenters. The molecule has 0 aliphatic carbocycles. The Morgan fingerprint density at radius 3 is 2.45 bits per heavy atom. The summed E-state index contributed by atoms with van der Waals surface area (Å²) in [6.45, 7) is 10.8. The first-order chi connectivity index (χ1) is 15.7. The third kappa shape index (κ3) is 4.33. The monoisotopic (exact) mass is 463 g/mol. The number of fused-ring (bicyclic) bond motifs is 1. The summed E-state index contributed by atoms with van der Waals surface area (Å²) in [6, 6.07) is 16.6. The molecule has 0 bridgehead atoms. The first-order valence-electron chi connectivity index (χ1n) is 11.9. The molecule has 0 saturated carbocycles. The van der Waals surface area contributed by atoms with Crippen LogP contribution in [0.3, 0.4) is 0 Å². The predicted octanol–water partition coefficient (Wildman–Crippen LogP) is 7.47. The zero-order valence-corrected chi connectivity index (χ0v) is 21.0. The van der Waals surface area contributed by atoms with Gasteiger partial charge >= 0.3 is 0 Å². The second-order valence-electron chi connectivity index (χ2n) is 10.0. The number of anilines is 1. The van der Waals surface area contributed by atoms with Gasteiger partial charge in [-0.05, 0) is 57.2 Å². The summed E-state index contributed by atoms with van der Waals surface area (Å²) in [5.41, 5.74) is 3.74. The highest BCUT2D eigenvalue weighted by Crippen LogP contribution is 2.43. The van der Waals surface area contributed by atoms with Crippen molar-refractivity contribution in [3.8, 4) is 0 Å². The maximum Gasteiger partial charge on any atom is 0.169 e. The van der Waals surface area contributed by atoms with Crippen LogP contribution in [0.4, 0.5) is 5.82 Å². The number of nitrogens with zero attached hydrogens (tertiary/aromatic N) is 2. The van der Waals surface area contributed by atoms with E-state index in [2.05, 4.69) is 75.4 Å². The van der Waals surface area contributed by atoms with Crippen LogP contribution in [0.25, 0.3) is 0 Å². The van der Waals surface area contributed by atoms with Gasteiger partial charge in [0.2, 0.25) is 0 Å². The average Bonchev–Trinajstić information content (AvgIpc) is 3.23. The van der Waals surface area contributed by atoms with Gasteiger partial charge in [0.25, 0.3) is 0 Å². The van der Waals surface area contributed by atoms with Crippen LogP contribution < -0.4 is 5.32 Å². The van der Waals surface area contributed by atoms with Gasteiger partial charge in [0, 0.05) is 16.9 Å². The summed E-state index contributed by atoms with van der Waals surface area (Å²) in [7, 11) is 0. The lowest BCUT2D eigenvalue weighted by Gasteiger charge is -2.39. The molecule has 0 radical (unpaired) electrons. The summed E-state index contributed by atoms with van der Waals surface area (Å²) in [6.07, 6.45) is 4.84. The van der Waals surface area contributed by atoms with Crippen LogP contribution in [0, 0.1) is 6.92 Å². The normalized spacial score (nSPS) is 17.3. The number of aryl methyl sites for hydroxylation is 1. The lowest BCUT2D eigenvalue weighted by Crippen LogP contribution is -2.38. The smallest absolute Gasteiger partial charge is 0.169 e. The molecule has 1 aliphatic heterocycles. The lowest BCUT2D eigenvalue weighted by molar-refractivity contribution is 0.0944. The first-order valence-corrected chi connectivity index (χ1v) is 12.3. The molecule has 0 spiro atoms. The maximum absolute atomic E-state index is 13.8. The van der Waals surface area contributed by atoms with Crippen LogP contribution in [-0.2, 0) is 11.0 Å².